The number of aromatic nitrogens is 4. The highest BCUT2D eigenvalue weighted by Gasteiger charge is 2.34. The second-order valence-corrected chi connectivity index (χ2v) is 7.90. The third-order valence-electron chi connectivity index (χ3n) is 4.11. The smallest absolute Gasteiger partial charge is 0.432 e. The van der Waals surface area contributed by atoms with Crippen LogP contribution in [0.5, 0.6) is 0 Å². The van der Waals surface area contributed by atoms with Gasteiger partial charge in [0, 0.05) is 31.9 Å². The summed E-state index contributed by atoms with van der Waals surface area (Å²) in [7, 11) is -0.867. The van der Waals surface area contributed by atoms with Crippen LogP contribution in [0.25, 0.3) is 11.5 Å². The van der Waals surface area contributed by atoms with Crippen LogP contribution < -0.4 is 0 Å². The molecule has 0 atom stereocenters. The largest absolute Gasteiger partial charge is 0.442 e. The summed E-state index contributed by atoms with van der Waals surface area (Å²) < 4.78 is 71.2. The number of nitrogens with one attached hydrogen (secondary N) is 1. The Labute approximate surface area is 152 Å². The van der Waals surface area contributed by atoms with Gasteiger partial charge in [-0.2, -0.15) is 27.7 Å². The average Bonchev–Trinajstić information content (AvgIpc) is 3.30. The standard InChI is InChI=1S/C15H16F3N5O3S/c1-9-10(7-19-23(9)3)8-22(2)27(24,25)14-5-4-12(26-14)11-6-13(21-20-11)15(16,17)18/h4-7H,8H2,1-3H3,(H,20,21). The first-order valence-corrected chi connectivity index (χ1v) is 9.11. The van der Waals surface area contributed by atoms with E-state index in [-0.39, 0.29) is 18.0 Å². The summed E-state index contributed by atoms with van der Waals surface area (Å²) >= 11 is 0. The maximum absolute atomic E-state index is 12.7. The number of aromatic amines is 1. The van der Waals surface area contributed by atoms with Crippen molar-refractivity contribution >= 4 is 10.0 Å². The molecule has 0 unspecified atom stereocenters. The molecule has 27 heavy (non-hydrogen) atoms. The molecule has 0 radical (unpaired) electrons. The summed E-state index contributed by atoms with van der Waals surface area (Å²) in [5.74, 6) is -0.0914. The lowest BCUT2D eigenvalue weighted by Crippen LogP contribution is -2.26. The van der Waals surface area contributed by atoms with Crippen LogP contribution >= 0.6 is 0 Å². The van der Waals surface area contributed by atoms with Gasteiger partial charge in [-0.25, -0.2) is 8.42 Å². The number of hydrogen-bond donors (Lipinski definition) is 1. The molecule has 0 amide bonds. The van der Waals surface area contributed by atoms with E-state index in [0.717, 1.165) is 21.6 Å². The van der Waals surface area contributed by atoms with Gasteiger partial charge in [-0.3, -0.25) is 9.78 Å². The van der Waals surface area contributed by atoms with E-state index in [9.17, 15) is 21.6 Å². The number of nitrogens with zero attached hydrogens (tertiary/aromatic N) is 4. The highest BCUT2D eigenvalue weighted by molar-refractivity contribution is 7.88. The van der Waals surface area contributed by atoms with Gasteiger partial charge in [0.25, 0.3) is 10.0 Å². The molecule has 12 heteroatoms. The molecule has 0 spiro atoms. The number of H-pyrrole nitrogens is 1. The second kappa shape index (κ2) is 6.53. The maximum Gasteiger partial charge on any atom is 0.432 e. The first-order chi connectivity index (χ1) is 12.5. The summed E-state index contributed by atoms with van der Waals surface area (Å²) in [6, 6.07) is 3.18. The predicted octanol–water partition coefficient (Wildman–Crippen LogP) is 2.55. The lowest BCUT2D eigenvalue weighted by atomic mass is 10.3. The number of hydrogen-bond acceptors (Lipinski definition) is 5. The van der Waals surface area contributed by atoms with Crippen molar-refractivity contribution in [2.75, 3.05) is 7.05 Å². The minimum Gasteiger partial charge on any atom is -0.442 e. The van der Waals surface area contributed by atoms with Crippen LogP contribution in [0.2, 0.25) is 0 Å². The lowest BCUT2D eigenvalue weighted by molar-refractivity contribution is -0.141. The second-order valence-electron chi connectivity index (χ2n) is 5.92. The SMILES string of the molecule is Cc1c(CN(C)S(=O)(=O)c2ccc(-c3cc(C(F)(F)F)[nH]n3)o2)cnn1C. The number of alkyl halides is 3. The molecule has 0 bridgehead atoms. The van der Waals surface area contributed by atoms with Gasteiger partial charge in [-0.05, 0) is 25.1 Å². The molecule has 3 aromatic rings. The minimum atomic E-state index is -4.59. The number of halogens is 3. The average molecular weight is 403 g/mol. The van der Waals surface area contributed by atoms with Crippen LogP contribution in [-0.2, 0) is 29.8 Å². The molecule has 146 valence electrons. The zero-order valence-electron chi connectivity index (χ0n) is 14.6. The van der Waals surface area contributed by atoms with Gasteiger partial charge in [-0.15, -0.1) is 0 Å². The highest BCUT2D eigenvalue weighted by Crippen LogP contribution is 2.31. The lowest BCUT2D eigenvalue weighted by Gasteiger charge is -2.15. The van der Waals surface area contributed by atoms with Crippen molar-refractivity contribution in [2.24, 2.45) is 7.05 Å². The van der Waals surface area contributed by atoms with E-state index >= 15 is 0 Å². The topological polar surface area (TPSA) is 97.0 Å². The summed E-state index contributed by atoms with van der Waals surface area (Å²) in [5, 5.41) is 9.04. The van der Waals surface area contributed by atoms with Crippen LogP contribution in [0, 0.1) is 6.92 Å². The van der Waals surface area contributed by atoms with E-state index < -0.39 is 27.0 Å². The van der Waals surface area contributed by atoms with Crippen molar-refractivity contribution in [3.05, 3.63) is 41.3 Å². The minimum absolute atomic E-state index is 0.0681. The predicted molar refractivity (Wildman–Crippen MR) is 87.9 cm³/mol. The van der Waals surface area contributed by atoms with Gasteiger partial charge in [0.1, 0.15) is 11.4 Å². The molecule has 3 rings (SSSR count). The van der Waals surface area contributed by atoms with E-state index in [1.807, 2.05) is 12.0 Å². The van der Waals surface area contributed by atoms with Crippen LogP contribution in [0.3, 0.4) is 0 Å². The van der Waals surface area contributed by atoms with Crippen LogP contribution in [0.4, 0.5) is 13.2 Å². The quantitative estimate of drug-likeness (QED) is 0.706. The van der Waals surface area contributed by atoms with Gasteiger partial charge in [0.15, 0.2) is 5.76 Å². The van der Waals surface area contributed by atoms with Crippen LogP contribution in [0.1, 0.15) is 17.0 Å². The zero-order valence-corrected chi connectivity index (χ0v) is 15.4. The molecular formula is C15H16F3N5O3S. The Morgan fingerprint density at radius 2 is 2.04 bits per heavy atom. The summed E-state index contributed by atoms with van der Waals surface area (Å²) in [5.41, 5.74) is 0.336. The van der Waals surface area contributed by atoms with Crippen molar-refractivity contribution in [2.45, 2.75) is 24.7 Å². The fourth-order valence-electron chi connectivity index (χ4n) is 2.37. The highest BCUT2D eigenvalue weighted by atomic mass is 32.2. The van der Waals surface area contributed by atoms with Gasteiger partial charge in [0.05, 0.1) is 6.20 Å². The van der Waals surface area contributed by atoms with Crippen LogP contribution in [0.15, 0.2) is 33.9 Å². The van der Waals surface area contributed by atoms with Crippen molar-refractivity contribution in [3.63, 3.8) is 0 Å². The molecular weight excluding hydrogens is 387 g/mol. The first-order valence-electron chi connectivity index (χ1n) is 7.67. The number of aryl methyl sites for hydroxylation is 1. The Bertz CT molecular complexity index is 1060. The molecule has 0 aromatic carbocycles. The Morgan fingerprint density at radius 1 is 1.33 bits per heavy atom. The Balaban J connectivity index is 1.84. The molecule has 1 N–H and O–H groups in total. The van der Waals surface area contributed by atoms with Gasteiger partial charge >= 0.3 is 6.18 Å². The van der Waals surface area contributed by atoms with E-state index in [1.165, 1.54) is 19.2 Å². The normalized spacial score (nSPS) is 12.9. The van der Waals surface area contributed by atoms with E-state index in [2.05, 4.69) is 10.2 Å². The third kappa shape index (κ3) is 3.62. The Kier molecular flexibility index (Phi) is 4.64. The van der Waals surface area contributed by atoms with E-state index in [1.54, 1.807) is 17.9 Å². The maximum atomic E-state index is 12.7. The summed E-state index contributed by atoms with van der Waals surface area (Å²) in [6.45, 7) is 1.88. The summed E-state index contributed by atoms with van der Waals surface area (Å²) in [4.78, 5) is 0. The molecule has 0 aliphatic heterocycles. The molecule has 0 saturated carbocycles. The number of sulfonamides is 1. The monoisotopic (exact) mass is 403 g/mol. The van der Waals surface area contributed by atoms with Gasteiger partial charge in [0.2, 0.25) is 5.09 Å². The van der Waals surface area contributed by atoms with Crippen molar-refractivity contribution in [3.8, 4) is 11.5 Å². The fraction of sp³-hybridized carbons (Fsp3) is 0.333. The van der Waals surface area contributed by atoms with Gasteiger partial charge < -0.3 is 4.42 Å². The fourth-order valence-corrected chi connectivity index (χ4v) is 3.42. The Hall–Kier alpha value is -2.60. The number of rotatable bonds is 5. The zero-order chi connectivity index (χ0) is 20.0. The molecule has 0 fully saturated rings. The number of furan rings is 1. The van der Waals surface area contributed by atoms with Crippen molar-refractivity contribution in [1.29, 1.82) is 0 Å². The molecule has 3 aromatic heterocycles. The Morgan fingerprint density at radius 3 is 2.59 bits per heavy atom. The third-order valence-corrected chi connectivity index (χ3v) is 5.79. The molecule has 0 aliphatic rings. The summed E-state index contributed by atoms with van der Waals surface area (Å²) in [6.07, 6.45) is -3.02. The molecule has 0 saturated heterocycles. The van der Waals surface area contributed by atoms with Crippen molar-refractivity contribution < 1.29 is 26.0 Å². The van der Waals surface area contributed by atoms with Crippen LogP contribution in [-0.4, -0.2) is 39.7 Å². The van der Waals surface area contributed by atoms with Crippen molar-refractivity contribution in [1.82, 2.24) is 24.3 Å². The first kappa shape index (κ1) is 19.2. The van der Waals surface area contributed by atoms with E-state index in [4.69, 9.17) is 4.42 Å². The molecule has 3 heterocycles. The molecule has 8 nitrogen and oxygen atoms in total. The van der Waals surface area contributed by atoms with E-state index in [0.29, 0.717) is 0 Å². The molecule has 0 aliphatic carbocycles. The van der Waals surface area contributed by atoms with Gasteiger partial charge in [-0.1, -0.05) is 0 Å².